The van der Waals surface area contributed by atoms with E-state index in [9.17, 15) is 9.59 Å². The summed E-state index contributed by atoms with van der Waals surface area (Å²) in [6.45, 7) is 0.387. The molecule has 0 bridgehead atoms. The Morgan fingerprint density at radius 1 is 1.07 bits per heavy atom. The molecule has 6 nitrogen and oxygen atoms in total. The summed E-state index contributed by atoms with van der Waals surface area (Å²) in [6.07, 6.45) is 6.33. The summed E-state index contributed by atoms with van der Waals surface area (Å²) < 4.78 is 5.16. The number of benzene rings is 2. The van der Waals surface area contributed by atoms with E-state index in [0.29, 0.717) is 17.8 Å². The number of aromatic nitrogens is 1. The molecule has 0 radical (unpaired) electrons. The lowest BCUT2D eigenvalue weighted by Gasteiger charge is -2.07. The molecule has 2 amide bonds. The van der Waals surface area contributed by atoms with E-state index in [1.807, 2.05) is 36.4 Å². The SMILES string of the molecule is COc1cccc(/C=C/C(=O)Nc2ccc(CNC(=O)c3cccnc3)cc2)c1. The zero-order valence-corrected chi connectivity index (χ0v) is 16.0. The van der Waals surface area contributed by atoms with E-state index in [-0.39, 0.29) is 11.8 Å². The average molecular weight is 387 g/mol. The molecule has 29 heavy (non-hydrogen) atoms. The molecule has 6 heteroatoms. The Hall–Kier alpha value is -3.93. The fraction of sp³-hybridized carbons (Fsp3) is 0.0870. The predicted octanol–water partition coefficient (Wildman–Crippen LogP) is 3.67. The van der Waals surface area contributed by atoms with Gasteiger partial charge in [-0.05, 0) is 53.6 Å². The van der Waals surface area contributed by atoms with E-state index in [2.05, 4.69) is 15.6 Å². The number of hydrogen-bond donors (Lipinski definition) is 2. The Bertz CT molecular complexity index is 999. The highest BCUT2D eigenvalue weighted by Crippen LogP contribution is 2.14. The highest BCUT2D eigenvalue weighted by molar-refractivity contribution is 6.02. The average Bonchev–Trinajstić information content (AvgIpc) is 2.77. The van der Waals surface area contributed by atoms with Crippen LogP contribution in [0.3, 0.4) is 0 Å². The molecule has 0 saturated carbocycles. The van der Waals surface area contributed by atoms with Gasteiger partial charge in [0.15, 0.2) is 0 Å². The molecule has 1 heterocycles. The van der Waals surface area contributed by atoms with Crippen molar-refractivity contribution < 1.29 is 14.3 Å². The quantitative estimate of drug-likeness (QED) is 0.606. The monoisotopic (exact) mass is 387 g/mol. The molecule has 0 atom stereocenters. The van der Waals surface area contributed by atoms with Crippen molar-refractivity contribution in [3.8, 4) is 5.75 Å². The first-order chi connectivity index (χ1) is 14.1. The zero-order valence-electron chi connectivity index (χ0n) is 16.0. The largest absolute Gasteiger partial charge is 0.497 e. The number of ether oxygens (including phenoxy) is 1. The van der Waals surface area contributed by atoms with E-state index >= 15 is 0 Å². The van der Waals surface area contributed by atoms with Gasteiger partial charge in [-0.2, -0.15) is 0 Å². The minimum atomic E-state index is -0.231. The minimum absolute atomic E-state index is 0.182. The summed E-state index contributed by atoms with van der Waals surface area (Å²) in [7, 11) is 1.60. The summed E-state index contributed by atoms with van der Waals surface area (Å²) in [5.74, 6) is 0.322. The Balaban J connectivity index is 1.51. The van der Waals surface area contributed by atoms with Crippen LogP contribution in [-0.2, 0) is 11.3 Å². The molecule has 0 fully saturated rings. The van der Waals surface area contributed by atoms with Gasteiger partial charge in [0, 0.05) is 30.7 Å². The second kappa shape index (κ2) is 9.85. The molecule has 0 spiro atoms. The first-order valence-electron chi connectivity index (χ1n) is 9.04. The number of methoxy groups -OCH3 is 1. The minimum Gasteiger partial charge on any atom is -0.497 e. The van der Waals surface area contributed by atoms with Crippen LogP contribution in [0.4, 0.5) is 5.69 Å². The van der Waals surface area contributed by atoms with E-state index in [0.717, 1.165) is 16.9 Å². The molecule has 0 saturated heterocycles. The Morgan fingerprint density at radius 2 is 1.90 bits per heavy atom. The topological polar surface area (TPSA) is 80.3 Å². The maximum atomic E-state index is 12.1. The molecule has 2 aromatic carbocycles. The van der Waals surface area contributed by atoms with Gasteiger partial charge in [-0.25, -0.2) is 0 Å². The van der Waals surface area contributed by atoms with Gasteiger partial charge in [0.05, 0.1) is 12.7 Å². The van der Waals surface area contributed by atoms with Gasteiger partial charge in [0.2, 0.25) is 5.91 Å². The van der Waals surface area contributed by atoms with Gasteiger partial charge in [-0.3, -0.25) is 14.6 Å². The Morgan fingerprint density at radius 3 is 2.62 bits per heavy atom. The van der Waals surface area contributed by atoms with Crippen LogP contribution in [0.5, 0.6) is 5.75 Å². The zero-order chi connectivity index (χ0) is 20.5. The smallest absolute Gasteiger partial charge is 0.253 e. The van der Waals surface area contributed by atoms with E-state index in [1.54, 1.807) is 43.6 Å². The summed E-state index contributed by atoms with van der Waals surface area (Å²) in [5, 5.41) is 5.64. The second-order valence-corrected chi connectivity index (χ2v) is 6.22. The number of amides is 2. The van der Waals surface area contributed by atoms with E-state index < -0.39 is 0 Å². The maximum absolute atomic E-state index is 12.1. The van der Waals surface area contributed by atoms with Crippen molar-refractivity contribution in [3.05, 3.63) is 95.8 Å². The fourth-order valence-corrected chi connectivity index (χ4v) is 2.59. The number of nitrogens with zero attached hydrogens (tertiary/aromatic N) is 1. The van der Waals surface area contributed by atoms with Crippen LogP contribution in [0.25, 0.3) is 6.08 Å². The summed E-state index contributed by atoms with van der Waals surface area (Å²) in [6, 6.07) is 18.2. The molecule has 3 aromatic rings. The van der Waals surface area contributed by atoms with Gasteiger partial charge >= 0.3 is 0 Å². The molecule has 3 rings (SSSR count). The normalized spacial score (nSPS) is 10.5. The van der Waals surface area contributed by atoms with Gasteiger partial charge in [0.25, 0.3) is 5.91 Å². The highest BCUT2D eigenvalue weighted by atomic mass is 16.5. The van der Waals surface area contributed by atoms with Crippen molar-refractivity contribution in [1.82, 2.24) is 10.3 Å². The van der Waals surface area contributed by atoms with Crippen LogP contribution in [0.2, 0.25) is 0 Å². The van der Waals surface area contributed by atoms with E-state index in [4.69, 9.17) is 4.74 Å². The lowest BCUT2D eigenvalue weighted by molar-refractivity contribution is -0.111. The second-order valence-electron chi connectivity index (χ2n) is 6.22. The molecular formula is C23H21N3O3. The van der Waals surface area contributed by atoms with Crippen molar-refractivity contribution in [1.29, 1.82) is 0 Å². The van der Waals surface area contributed by atoms with E-state index in [1.165, 1.54) is 12.3 Å². The Kier molecular flexibility index (Phi) is 6.73. The Labute approximate surface area is 169 Å². The molecule has 1 aromatic heterocycles. The van der Waals surface area contributed by atoms with Crippen LogP contribution in [0.15, 0.2) is 79.1 Å². The summed E-state index contributed by atoms with van der Waals surface area (Å²) >= 11 is 0. The lowest BCUT2D eigenvalue weighted by Crippen LogP contribution is -2.22. The van der Waals surface area contributed by atoms with Crippen molar-refractivity contribution in [2.24, 2.45) is 0 Å². The lowest BCUT2D eigenvalue weighted by atomic mass is 10.2. The molecule has 0 aliphatic rings. The molecule has 146 valence electrons. The number of pyridine rings is 1. The number of rotatable bonds is 7. The number of carbonyl (C=O) groups is 2. The number of carbonyl (C=O) groups excluding carboxylic acids is 2. The van der Waals surface area contributed by atoms with Crippen molar-refractivity contribution >= 4 is 23.6 Å². The number of nitrogens with one attached hydrogen (secondary N) is 2. The van der Waals surface area contributed by atoms with Crippen molar-refractivity contribution in [2.75, 3.05) is 12.4 Å². The van der Waals surface area contributed by atoms with Gasteiger partial charge in [-0.15, -0.1) is 0 Å². The summed E-state index contributed by atoms with van der Waals surface area (Å²) in [4.78, 5) is 28.1. The fourth-order valence-electron chi connectivity index (χ4n) is 2.59. The van der Waals surface area contributed by atoms with Gasteiger partial charge in [0.1, 0.15) is 5.75 Å². The highest BCUT2D eigenvalue weighted by Gasteiger charge is 2.05. The predicted molar refractivity (Wildman–Crippen MR) is 113 cm³/mol. The van der Waals surface area contributed by atoms with Crippen LogP contribution in [0, 0.1) is 0 Å². The van der Waals surface area contributed by atoms with Gasteiger partial charge < -0.3 is 15.4 Å². The van der Waals surface area contributed by atoms with Crippen molar-refractivity contribution in [2.45, 2.75) is 6.54 Å². The third kappa shape index (κ3) is 6.04. The number of anilines is 1. The summed E-state index contributed by atoms with van der Waals surface area (Å²) in [5.41, 5.74) is 2.98. The van der Waals surface area contributed by atoms with Crippen LogP contribution in [0.1, 0.15) is 21.5 Å². The molecular weight excluding hydrogens is 366 g/mol. The maximum Gasteiger partial charge on any atom is 0.253 e. The molecule has 0 aliphatic carbocycles. The first kappa shape index (κ1) is 19.8. The third-order valence-corrected chi connectivity index (χ3v) is 4.12. The molecule has 0 unspecified atom stereocenters. The number of hydrogen-bond acceptors (Lipinski definition) is 4. The molecule has 0 aliphatic heterocycles. The van der Waals surface area contributed by atoms with Gasteiger partial charge in [-0.1, -0.05) is 24.3 Å². The van der Waals surface area contributed by atoms with Crippen molar-refractivity contribution in [3.63, 3.8) is 0 Å². The first-order valence-corrected chi connectivity index (χ1v) is 9.04. The van der Waals surface area contributed by atoms with Crippen LogP contribution >= 0.6 is 0 Å². The standard InChI is InChI=1S/C23H21N3O3/c1-29-21-6-2-4-17(14-21)9-12-22(27)26-20-10-7-18(8-11-20)15-25-23(28)19-5-3-13-24-16-19/h2-14,16H,15H2,1H3,(H,25,28)(H,26,27)/b12-9+. The van der Waals surface area contributed by atoms with Crippen LogP contribution in [-0.4, -0.2) is 23.9 Å². The third-order valence-electron chi connectivity index (χ3n) is 4.12. The van der Waals surface area contributed by atoms with Crippen LogP contribution < -0.4 is 15.4 Å². The molecule has 2 N–H and O–H groups in total.